The molecule has 0 aliphatic heterocycles. The summed E-state index contributed by atoms with van der Waals surface area (Å²) in [6.45, 7) is -0.0778. The lowest BCUT2D eigenvalue weighted by Crippen LogP contribution is -2.36. The number of rotatable bonds is 2. The monoisotopic (exact) mass is 257 g/mol. The van der Waals surface area contributed by atoms with Crippen LogP contribution >= 0.6 is 0 Å². The van der Waals surface area contributed by atoms with E-state index >= 15 is 0 Å². The SMILES string of the molecule is O=C(NCc1ccc2c(c1)CCCC2)C(F)(F)F. The van der Waals surface area contributed by atoms with E-state index in [-0.39, 0.29) is 6.54 Å². The van der Waals surface area contributed by atoms with Crippen LogP contribution in [0.1, 0.15) is 29.5 Å². The molecule has 0 heterocycles. The third-order valence-corrected chi connectivity index (χ3v) is 3.12. The van der Waals surface area contributed by atoms with Crippen molar-refractivity contribution in [2.24, 2.45) is 0 Å². The zero-order valence-electron chi connectivity index (χ0n) is 9.81. The van der Waals surface area contributed by atoms with Crippen molar-refractivity contribution in [1.29, 1.82) is 0 Å². The Morgan fingerprint density at radius 2 is 1.83 bits per heavy atom. The van der Waals surface area contributed by atoms with Gasteiger partial charge in [0.25, 0.3) is 0 Å². The van der Waals surface area contributed by atoms with Crippen LogP contribution in [0.5, 0.6) is 0 Å². The Morgan fingerprint density at radius 1 is 1.17 bits per heavy atom. The van der Waals surface area contributed by atoms with Gasteiger partial charge in [-0.15, -0.1) is 0 Å². The summed E-state index contributed by atoms with van der Waals surface area (Å²) in [5.74, 6) is -1.89. The van der Waals surface area contributed by atoms with Crippen LogP contribution in [0.2, 0.25) is 0 Å². The molecule has 0 saturated carbocycles. The van der Waals surface area contributed by atoms with Gasteiger partial charge in [0.15, 0.2) is 0 Å². The third kappa shape index (κ3) is 3.03. The molecule has 1 aromatic carbocycles. The van der Waals surface area contributed by atoms with Crippen LogP contribution in [0, 0.1) is 0 Å². The summed E-state index contributed by atoms with van der Waals surface area (Å²) in [5.41, 5.74) is 3.18. The first-order valence-electron chi connectivity index (χ1n) is 5.92. The summed E-state index contributed by atoms with van der Waals surface area (Å²) < 4.78 is 36.0. The molecule has 0 unspecified atom stereocenters. The molecule has 98 valence electrons. The Labute approximate surface area is 103 Å². The second-order valence-corrected chi connectivity index (χ2v) is 4.49. The molecule has 1 aliphatic rings. The molecule has 1 aromatic rings. The molecule has 0 saturated heterocycles. The Kier molecular flexibility index (Phi) is 3.59. The number of fused-ring (bicyclic) bond motifs is 1. The molecular formula is C13H14F3NO. The van der Waals surface area contributed by atoms with Crippen molar-refractivity contribution in [1.82, 2.24) is 5.32 Å². The summed E-state index contributed by atoms with van der Waals surface area (Å²) >= 11 is 0. The Hall–Kier alpha value is -1.52. The van der Waals surface area contributed by atoms with Crippen LogP contribution in [0.4, 0.5) is 13.2 Å². The van der Waals surface area contributed by atoms with Crippen LogP contribution in [-0.4, -0.2) is 12.1 Å². The molecule has 2 nitrogen and oxygen atoms in total. The third-order valence-electron chi connectivity index (χ3n) is 3.12. The smallest absolute Gasteiger partial charge is 0.344 e. The number of halogens is 3. The Balaban J connectivity index is 2.00. The van der Waals surface area contributed by atoms with Gasteiger partial charge in [0.1, 0.15) is 0 Å². The van der Waals surface area contributed by atoms with Crippen molar-refractivity contribution in [3.05, 3.63) is 34.9 Å². The van der Waals surface area contributed by atoms with Crippen LogP contribution in [0.3, 0.4) is 0 Å². The largest absolute Gasteiger partial charge is 0.471 e. The summed E-state index contributed by atoms with van der Waals surface area (Å²) in [4.78, 5) is 10.7. The second kappa shape index (κ2) is 5.00. The van der Waals surface area contributed by atoms with E-state index < -0.39 is 12.1 Å². The minimum atomic E-state index is -4.81. The number of hydrogen-bond acceptors (Lipinski definition) is 1. The zero-order valence-corrected chi connectivity index (χ0v) is 9.81. The lowest BCUT2D eigenvalue weighted by Gasteiger charge is -2.17. The van der Waals surface area contributed by atoms with Crippen molar-refractivity contribution < 1.29 is 18.0 Å². The van der Waals surface area contributed by atoms with E-state index in [4.69, 9.17) is 0 Å². The van der Waals surface area contributed by atoms with Crippen LogP contribution in [0.25, 0.3) is 0 Å². The van der Waals surface area contributed by atoms with E-state index in [1.807, 2.05) is 17.4 Å². The van der Waals surface area contributed by atoms with E-state index in [1.54, 1.807) is 6.07 Å². The van der Waals surface area contributed by atoms with Gasteiger partial charge in [-0.2, -0.15) is 13.2 Å². The summed E-state index contributed by atoms with van der Waals surface area (Å²) in [6.07, 6.45) is -0.530. The first-order chi connectivity index (χ1) is 8.47. The molecule has 1 amide bonds. The average molecular weight is 257 g/mol. The van der Waals surface area contributed by atoms with Gasteiger partial charge < -0.3 is 5.32 Å². The maximum Gasteiger partial charge on any atom is 0.471 e. The number of aryl methyl sites for hydroxylation is 2. The van der Waals surface area contributed by atoms with E-state index in [2.05, 4.69) is 0 Å². The summed E-state index contributed by atoms with van der Waals surface area (Å²) in [7, 11) is 0. The van der Waals surface area contributed by atoms with Crippen LogP contribution in [-0.2, 0) is 24.2 Å². The highest BCUT2D eigenvalue weighted by molar-refractivity contribution is 5.81. The molecule has 1 N–H and O–H groups in total. The van der Waals surface area contributed by atoms with E-state index in [0.717, 1.165) is 25.7 Å². The lowest BCUT2D eigenvalue weighted by molar-refractivity contribution is -0.173. The number of alkyl halides is 3. The van der Waals surface area contributed by atoms with Gasteiger partial charge in [-0.05, 0) is 42.4 Å². The summed E-state index contributed by atoms with van der Waals surface area (Å²) in [5, 5.41) is 1.88. The molecule has 1 aliphatic carbocycles. The van der Waals surface area contributed by atoms with E-state index in [9.17, 15) is 18.0 Å². The van der Waals surface area contributed by atoms with E-state index in [0.29, 0.717) is 5.56 Å². The number of carbonyl (C=O) groups is 1. The fourth-order valence-electron chi connectivity index (χ4n) is 2.18. The first-order valence-corrected chi connectivity index (χ1v) is 5.92. The van der Waals surface area contributed by atoms with Crippen molar-refractivity contribution in [3.63, 3.8) is 0 Å². The second-order valence-electron chi connectivity index (χ2n) is 4.49. The molecule has 0 bridgehead atoms. The maximum absolute atomic E-state index is 12.0. The van der Waals surface area contributed by atoms with Crippen molar-refractivity contribution >= 4 is 5.91 Å². The first kappa shape index (κ1) is 12.9. The Bertz CT molecular complexity index is 454. The molecule has 5 heteroatoms. The van der Waals surface area contributed by atoms with Gasteiger partial charge in [0.2, 0.25) is 0 Å². The molecule has 0 radical (unpaired) electrons. The van der Waals surface area contributed by atoms with Crippen molar-refractivity contribution in [3.8, 4) is 0 Å². The fourth-order valence-corrected chi connectivity index (χ4v) is 2.18. The van der Waals surface area contributed by atoms with Crippen molar-refractivity contribution in [2.45, 2.75) is 38.4 Å². The molecule has 0 aromatic heterocycles. The zero-order chi connectivity index (χ0) is 13.2. The van der Waals surface area contributed by atoms with Crippen LogP contribution in [0.15, 0.2) is 18.2 Å². The molecule has 0 spiro atoms. The molecule has 18 heavy (non-hydrogen) atoms. The number of benzene rings is 1. The number of hydrogen-bond donors (Lipinski definition) is 1. The van der Waals surface area contributed by atoms with Gasteiger partial charge >= 0.3 is 12.1 Å². The predicted octanol–water partition coefficient (Wildman–Crippen LogP) is 2.74. The normalized spacial score (nSPS) is 15.1. The minimum absolute atomic E-state index is 0.0778. The standard InChI is InChI=1S/C13H14F3NO/c14-13(15,16)12(18)17-8-9-5-6-10-3-1-2-4-11(10)7-9/h5-7H,1-4,8H2,(H,17,18). The van der Waals surface area contributed by atoms with Gasteiger partial charge in [-0.25, -0.2) is 0 Å². The molecular weight excluding hydrogens is 243 g/mol. The fraction of sp³-hybridized carbons (Fsp3) is 0.462. The number of carbonyl (C=O) groups excluding carboxylic acids is 1. The number of nitrogens with one attached hydrogen (secondary N) is 1. The molecule has 0 atom stereocenters. The topological polar surface area (TPSA) is 29.1 Å². The lowest BCUT2D eigenvalue weighted by atomic mass is 9.90. The molecule has 0 fully saturated rings. The van der Waals surface area contributed by atoms with Gasteiger partial charge in [0, 0.05) is 6.54 Å². The van der Waals surface area contributed by atoms with Gasteiger partial charge in [-0.3, -0.25) is 4.79 Å². The maximum atomic E-state index is 12.0. The minimum Gasteiger partial charge on any atom is -0.344 e. The Morgan fingerprint density at radius 3 is 2.50 bits per heavy atom. The quantitative estimate of drug-likeness (QED) is 0.867. The van der Waals surface area contributed by atoms with Crippen LogP contribution < -0.4 is 5.32 Å². The van der Waals surface area contributed by atoms with Gasteiger partial charge in [0.05, 0.1) is 0 Å². The highest BCUT2D eigenvalue weighted by Crippen LogP contribution is 2.22. The average Bonchev–Trinajstić information content (AvgIpc) is 2.34. The number of amides is 1. The van der Waals surface area contributed by atoms with Gasteiger partial charge in [-0.1, -0.05) is 18.2 Å². The highest BCUT2D eigenvalue weighted by atomic mass is 19.4. The summed E-state index contributed by atoms with van der Waals surface area (Å²) in [6, 6.07) is 5.62. The highest BCUT2D eigenvalue weighted by Gasteiger charge is 2.38. The van der Waals surface area contributed by atoms with Crippen molar-refractivity contribution in [2.75, 3.05) is 0 Å². The molecule has 2 rings (SSSR count). The van der Waals surface area contributed by atoms with E-state index in [1.165, 1.54) is 11.1 Å². The predicted molar refractivity (Wildman–Crippen MR) is 61.0 cm³/mol.